The number of sulfonamides is 1. The molecular formula is C18H23N3O4S. The number of hydrogen-bond acceptors (Lipinski definition) is 6. The Kier molecular flexibility index (Phi) is 5.73. The van der Waals surface area contributed by atoms with Gasteiger partial charge >= 0.3 is 6.01 Å². The lowest BCUT2D eigenvalue weighted by Gasteiger charge is -2.31. The summed E-state index contributed by atoms with van der Waals surface area (Å²) >= 11 is 0. The monoisotopic (exact) mass is 377 g/mol. The molecule has 26 heavy (non-hydrogen) atoms. The van der Waals surface area contributed by atoms with Gasteiger partial charge in [0.25, 0.3) is 0 Å². The Morgan fingerprint density at radius 1 is 1.27 bits per heavy atom. The predicted octanol–water partition coefficient (Wildman–Crippen LogP) is 2.42. The summed E-state index contributed by atoms with van der Waals surface area (Å²) in [6.45, 7) is 5.05. The van der Waals surface area contributed by atoms with Crippen molar-refractivity contribution >= 4 is 10.0 Å². The third-order valence-corrected chi connectivity index (χ3v) is 6.10. The van der Waals surface area contributed by atoms with E-state index in [1.54, 1.807) is 36.7 Å². The molecule has 0 amide bonds. The van der Waals surface area contributed by atoms with Crippen LogP contribution in [0.1, 0.15) is 25.3 Å². The summed E-state index contributed by atoms with van der Waals surface area (Å²) in [6.07, 6.45) is 4.44. The van der Waals surface area contributed by atoms with Gasteiger partial charge in [0, 0.05) is 18.9 Å². The van der Waals surface area contributed by atoms with Gasteiger partial charge < -0.3 is 9.47 Å². The van der Waals surface area contributed by atoms with Gasteiger partial charge in [-0.05, 0) is 56.5 Å². The average molecular weight is 377 g/mol. The van der Waals surface area contributed by atoms with Gasteiger partial charge in [-0.25, -0.2) is 18.4 Å². The number of aryl methyl sites for hydroxylation is 1. The zero-order valence-corrected chi connectivity index (χ0v) is 15.8. The molecule has 1 fully saturated rings. The summed E-state index contributed by atoms with van der Waals surface area (Å²) < 4.78 is 38.7. The first-order valence-electron chi connectivity index (χ1n) is 8.68. The zero-order valence-electron chi connectivity index (χ0n) is 15.0. The van der Waals surface area contributed by atoms with Crippen LogP contribution in [-0.4, -0.2) is 48.5 Å². The van der Waals surface area contributed by atoms with Crippen LogP contribution in [-0.2, 0) is 10.0 Å². The molecule has 3 rings (SSSR count). The van der Waals surface area contributed by atoms with E-state index >= 15 is 0 Å². The fourth-order valence-corrected chi connectivity index (χ4v) is 4.56. The van der Waals surface area contributed by atoms with Crippen molar-refractivity contribution in [1.29, 1.82) is 0 Å². The Hall–Kier alpha value is -2.19. The van der Waals surface area contributed by atoms with E-state index in [1.807, 2.05) is 13.8 Å². The minimum absolute atomic E-state index is 0.260. The topological polar surface area (TPSA) is 81.6 Å². The van der Waals surface area contributed by atoms with Crippen molar-refractivity contribution in [2.45, 2.75) is 37.7 Å². The van der Waals surface area contributed by atoms with Gasteiger partial charge in [0.05, 0.1) is 18.0 Å². The normalized spacial score (nSPS) is 18.5. The van der Waals surface area contributed by atoms with E-state index in [-0.39, 0.29) is 23.6 Å². The second kappa shape index (κ2) is 8.01. The summed E-state index contributed by atoms with van der Waals surface area (Å²) in [7, 11) is -3.58. The first kappa shape index (κ1) is 18.6. The number of nitrogens with zero attached hydrogens (tertiary/aromatic N) is 3. The number of benzene rings is 1. The quantitative estimate of drug-likeness (QED) is 0.769. The molecule has 1 aliphatic heterocycles. The van der Waals surface area contributed by atoms with Crippen molar-refractivity contribution in [1.82, 2.24) is 14.3 Å². The molecule has 1 saturated heterocycles. The lowest BCUT2D eigenvalue weighted by atomic mass is 10.1. The third-order valence-electron chi connectivity index (χ3n) is 4.24. The molecule has 1 aromatic carbocycles. The first-order chi connectivity index (χ1) is 12.5. The summed E-state index contributed by atoms with van der Waals surface area (Å²) in [5, 5.41) is 0. The molecule has 0 aliphatic carbocycles. The van der Waals surface area contributed by atoms with Crippen molar-refractivity contribution in [2.24, 2.45) is 0 Å². The van der Waals surface area contributed by atoms with Crippen molar-refractivity contribution in [3.63, 3.8) is 0 Å². The largest absolute Gasteiger partial charge is 0.494 e. The van der Waals surface area contributed by atoms with Crippen LogP contribution >= 0.6 is 0 Å². The Labute approximate surface area is 154 Å². The standard InChI is InChI=1S/C18H23N3O4S/c1-3-24-17-8-7-16(12-14(17)2)26(22,23)21-11-4-6-15(13-21)25-18-19-9-5-10-20-18/h5,7-10,12,15H,3-4,6,11,13H2,1-2H3. The second-order valence-electron chi connectivity index (χ2n) is 6.14. The fraction of sp³-hybridized carbons (Fsp3) is 0.444. The van der Waals surface area contributed by atoms with E-state index in [1.165, 1.54) is 4.31 Å². The number of aromatic nitrogens is 2. The minimum Gasteiger partial charge on any atom is -0.494 e. The van der Waals surface area contributed by atoms with E-state index < -0.39 is 10.0 Å². The molecule has 1 atom stereocenters. The maximum Gasteiger partial charge on any atom is 0.316 e. The van der Waals surface area contributed by atoms with Crippen LogP contribution in [0.5, 0.6) is 11.8 Å². The number of hydrogen-bond donors (Lipinski definition) is 0. The molecule has 1 aliphatic rings. The van der Waals surface area contributed by atoms with Gasteiger partial charge in [-0.3, -0.25) is 0 Å². The van der Waals surface area contributed by atoms with Gasteiger partial charge in [-0.2, -0.15) is 4.31 Å². The molecule has 0 saturated carbocycles. The maximum atomic E-state index is 13.0. The Bertz CT molecular complexity index is 843. The molecule has 1 aromatic heterocycles. The highest BCUT2D eigenvalue weighted by Gasteiger charge is 2.31. The highest BCUT2D eigenvalue weighted by Crippen LogP contribution is 2.26. The van der Waals surface area contributed by atoms with Crippen LogP contribution in [0.4, 0.5) is 0 Å². The van der Waals surface area contributed by atoms with Gasteiger partial charge in [0.1, 0.15) is 11.9 Å². The van der Waals surface area contributed by atoms with Crippen LogP contribution in [0.2, 0.25) is 0 Å². The third kappa shape index (κ3) is 4.13. The maximum absolute atomic E-state index is 13.0. The molecule has 140 valence electrons. The molecule has 0 radical (unpaired) electrons. The van der Waals surface area contributed by atoms with E-state index in [0.717, 1.165) is 18.4 Å². The zero-order chi connectivity index (χ0) is 18.6. The van der Waals surface area contributed by atoms with Crippen molar-refractivity contribution < 1.29 is 17.9 Å². The van der Waals surface area contributed by atoms with Gasteiger partial charge in [0.2, 0.25) is 10.0 Å². The molecule has 2 heterocycles. The van der Waals surface area contributed by atoms with Crippen LogP contribution in [0.15, 0.2) is 41.6 Å². The summed E-state index contributed by atoms with van der Waals surface area (Å²) in [4.78, 5) is 8.36. The van der Waals surface area contributed by atoms with Crippen LogP contribution < -0.4 is 9.47 Å². The Morgan fingerprint density at radius 2 is 2.04 bits per heavy atom. The van der Waals surface area contributed by atoms with Crippen molar-refractivity contribution in [3.05, 3.63) is 42.2 Å². The fourth-order valence-electron chi connectivity index (χ4n) is 2.96. The lowest BCUT2D eigenvalue weighted by Crippen LogP contribution is -2.44. The predicted molar refractivity (Wildman–Crippen MR) is 96.8 cm³/mol. The van der Waals surface area contributed by atoms with Crippen molar-refractivity contribution in [3.8, 4) is 11.8 Å². The smallest absolute Gasteiger partial charge is 0.316 e. The Morgan fingerprint density at radius 3 is 2.73 bits per heavy atom. The summed E-state index contributed by atoms with van der Waals surface area (Å²) in [6, 6.07) is 6.94. The molecule has 0 bridgehead atoms. The van der Waals surface area contributed by atoms with Crippen LogP contribution in [0, 0.1) is 6.92 Å². The van der Waals surface area contributed by atoms with Crippen LogP contribution in [0.3, 0.4) is 0 Å². The van der Waals surface area contributed by atoms with E-state index in [9.17, 15) is 8.42 Å². The molecular weight excluding hydrogens is 354 g/mol. The highest BCUT2D eigenvalue weighted by molar-refractivity contribution is 7.89. The molecule has 7 nitrogen and oxygen atoms in total. The van der Waals surface area contributed by atoms with E-state index in [2.05, 4.69) is 9.97 Å². The van der Waals surface area contributed by atoms with E-state index in [4.69, 9.17) is 9.47 Å². The lowest BCUT2D eigenvalue weighted by molar-refractivity contribution is 0.119. The average Bonchev–Trinajstić information content (AvgIpc) is 2.64. The second-order valence-corrected chi connectivity index (χ2v) is 8.07. The van der Waals surface area contributed by atoms with Gasteiger partial charge in [0.15, 0.2) is 0 Å². The highest BCUT2D eigenvalue weighted by atomic mass is 32.2. The van der Waals surface area contributed by atoms with E-state index in [0.29, 0.717) is 18.9 Å². The molecule has 1 unspecified atom stereocenters. The number of rotatable bonds is 6. The molecule has 2 aromatic rings. The van der Waals surface area contributed by atoms with Gasteiger partial charge in [-0.15, -0.1) is 0 Å². The van der Waals surface area contributed by atoms with Crippen molar-refractivity contribution in [2.75, 3.05) is 19.7 Å². The molecule has 8 heteroatoms. The SMILES string of the molecule is CCOc1ccc(S(=O)(=O)N2CCCC(Oc3ncccn3)C2)cc1C. The molecule has 0 N–H and O–H groups in total. The Balaban J connectivity index is 1.75. The summed E-state index contributed by atoms with van der Waals surface area (Å²) in [5.41, 5.74) is 0.801. The van der Waals surface area contributed by atoms with Crippen LogP contribution in [0.25, 0.3) is 0 Å². The minimum atomic E-state index is -3.58. The summed E-state index contributed by atoms with van der Waals surface area (Å²) in [5.74, 6) is 0.701. The number of ether oxygens (including phenoxy) is 2. The molecule has 0 spiro atoms. The first-order valence-corrected chi connectivity index (χ1v) is 10.1. The number of piperidine rings is 1. The van der Waals surface area contributed by atoms with Gasteiger partial charge in [-0.1, -0.05) is 0 Å².